The van der Waals surface area contributed by atoms with Gasteiger partial charge in [0.15, 0.2) is 0 Å². The second-order valence-electron chi connectivity index (χ2n) is 7.67. The highest BCUT2D eigenvalue weighted by Crippen LogP contribution is 2.43. The molecule has 1 unspecified atom stereocenters. The van der Waals surface area contributed by atoms with Crippen LogP contribution in [0, 0.1) is 17.0 Å². The molecule has 8 heteroatoms. The van der Waals surface area contributed by atoms with Crippen molar-refractivity contribution < 1.29 is 22.0 Å². The van der Waals surface area contributed by atoms with E-state index in [1.165, 1.54) is 18.2 Å². The summed E-state index contributed by atoms with van der Waals surface area (Å²) in [5, 5.41) is 3.22. The van der Waals surface area contributed by atoms with Crippen molar-refractivity contribution in [3.05, 3.63) is 101 Å². The minimum absolute atomic E-state index is 0.235. The lowest BCUT2D eigenvalue weighted by Gasteiger charge is -2.36. The predicted octanol–water partition coefficient (Wildman–Crippen LogP) is 6.85. The van der Waals surface area contributed by atoms with Crippen molar-refractivity contribution in [1.82, 2.24) is 4.72 Å². The Hall–Kier alpha value is -2.58. The van der Waals surface area contributed by atoms with Crippen molar-refractivity contribution in [2.24, 2.45) is 5.41 Å². The molecule has 0 aromatic heterocycles. The Balaban J connectivity index is 1.91. The SMILES string of the molecule is C=CC1(Cc2ccc(F)c(C(F)(F)F)c2)CC=C(Nc2ccc(F)cc2)C=C1CCNS. The molecular weight excluding hydrogens is 443 g/mol. The summed E-state index contributed by atoms with van der Waals surface area (Å²) < 4.78 is 69.2. The van der Waals surface area contributed by atoms with Crippen LogP contribution in [-0.4, -0.2) is 6.54 Å². The molecule has 0 radical (unpaired) electrons. The molecule has 0 aliphatic heterocycles. The lowest BCUT2D eigenvalue weighted by molar-refractivity contribution is -0.140. The molecule has 2 nitrogen and oxygen atoms in total. The summed E-state index contributed by atoms with van der Waals surface area (Å²) in [5.74, 6) is -1.63. The van der Waals surface area contributed by atoms with Gasteiger partial charge in [0.25, 0.3) is 0 Å². The molecule has 3 rings (SSSR count). The van der Waals surface area contributed by atoms with E-state index in [1.807, 2.05) is 12.2 Å². The molecule has 0 bridgehead atoms. The van der Waals surface area contributed by atoms with E-state index in [9.17, 15) is 22.0 Å². The van der Waals surface area contributed by atoms with E-state index in [0.717, 1.165) is 23.4 Å². The maximum Gasteiger partial charge on any atom is 0.419 e. The quantitative estimate of drug-likeness (QED) is 0.225. The molecule has 0 saturated heterocycles. The van der Waals surface area contributed by atoms with Crippen molar-refractivity contribution in [1.29, 1.82) is 0 Å². The van der Waals surface area contributed by atoms with E-state index < -0.39 is 23.0 Å². The van der Waals surface area contributed by atoms with Gasteiger partial charge in [0.05, 0.1) is 5.56 Å². The highest BCUT2D eigenvalue weighted by atomic mass is 32.1. The highest BCUT2D eigenvalue weighted by Gasteiger charge is 2.36. The summed E-state index contributed by atoms with van der Waals surface area (Å²) in [6.07, 6.45) is 2.11. The number of benzene rings is 2. The predicted molar refractivity (Wildman–Crippen MR) is 120 cm³/mol. The number of rotatable bonds is 8. The summed E-state index contributed by atoms with van der Waals surface area (Å²) >= 11 is 4.04. The first-order valence-corrected chi connectivity index (χ1v) is 10.4. The Bertz CT molecular complexity index is 1030. The van der Waals surface area contributed by atoms with Gasteiger partial charge in [0.2, 0.25) is 0 Å². The average molecular weight is 467 g/mol. The number of halogens is 5. The van der Waals surface area contributed by atoms with E-state index in [2.05, 4.69) is 29.4 Å². The Labute approximate surface area is 189 Å². The van der Waals surface area contributed by atoms with E-state index in [0.29, 0.717) is 30.6 Å². The van der Waals surface area contributed by atoms with Crippen LogP contribution in [-0.2, 0) is 12.6 Å². The van der Waals surface area contributed by atoms with Crippen LogP contribution in [0.3, 0.4) is 0 Å². The zero-order valence-corrected chi connectivity index (χ0v) is 18.0. The Morgan fingerprint density at radius 3 is 2.44 bits per heavy atom. The molecule has 0 heterocycles. The fourth-order valence-electron chi connectivity index (χ4n) is 3.85. The topological polar surface area (TPSA) is 24.1 Å². The van der Waals surface area contributed by atoms with Gasteiger partial charge in [-0.05, 0) is 67.3 Å². The van der Waals surface area contributed by atoms with Gasteiger partial charge in [-0.2, -0.15) is 13.2 Å². The molecule has 1 aliphatic rings. The monoisotopic (exact) mass is 466 g/mol. The van der Waals surface area contributed by atoms with Gasteiger partial charge in [0, 0.05) is 23.3 Å². The third kappa shape index (κ3) is 5.61. The van der Waals surface area contributed by atoms with Crippen LogP contribution >= 0.6 is 12.8 Å². The summed E-state index contributed by atoms with van der Waals surface area (Å²) in [6.45, 7) is 4.48. The normalized spacial score (nSPS) is 18.7. The summed E-state index contributed by atoms with van der Waals surface area (Å²) in [5.41, 5.74) is 0.894. The van der Waals surface area contributed by atoms with Gasteiger partial charge in [-0.1, -0.05) is 36.6 Å². The van der Waals surface area contributed by atoms with E-state index in [-0.39, 0.29) is 12.2 Å². The number of hydrogen-bond acceptors (Lipinski definition) is 3. The van der Waals surface area contributed by atoms with Gasteiger partial charge < -0.3 is 5.32 Å². The van der Waals surface area contributed by atoms with E-state index in [4.69, 9.17) is 0 Å². The molecule has 170 valence electrons. The molecule has 0 spiro atoms. The van der Waals surface area contributed by atoms with Crippen LogP contribution in [0.1, 0.15) is 24.0 Å². The van der Waals surface area contributed by atoms with Crippen LogP contribution in [0.25, 0.3) is 0 Å². The van der Waals surface area contributed by atoms with Crippen LogP contribution in [0.4, 0.5) is 27.6 Å². The number of allylic oxidation sites excluding steroid dienone is 3. The van der Waals surface area contributed by atoms with Crippen molar-refractivity contribution >= 4 is 18.5 Å². The zero-order chi connectivity index (χ0) is 23.4. The second kappa shape index (κ2) is 9.92. The van der Waals surface area contributed by atoms with Crippen molar-refractivity contribution in [3.63, 3.8) is 0 Å². The highest BCUT2D eigenvalue weighted by molar-refractivity contribution is 7.78. The maximum atomic E-state index is 13.7. The Morgan fingerprint density at radius 1 is 1.09 bits per heavy atom. The van der Waals surface area contributed by atoms with Gasteiger partial charge in [-0.25, -0.2) is 8.78 Å². The van der Waals surface area contributed by atoms with Crippen LogP contribution in [0.2, 0.25) is 0 Å². The fraction of sp³-hybridized carbons (Fsp3) is 0.250. The molecule has 0 amide bonds. The van der Waals surface area contributed by atoms with Crippen LogP contribution in [0.5, 0.6) is 0 Å². The van der Waals surface area contributed by atoms with Crippen molar-refractivity contribution in [2.45, 2.75) is 25.4 Å². The molecule has 0 fully saturated rings. The van der Waals surface area contributed by atoms with Gasteiger partial charge >= 0.3 is 6.18 Å². The van der Waals surface area contributed by atoms with Crippen LogP contribution < -0.4 is 10.0 Å². The fourth-order valence-corrected chi connectivity index (χ4v) is 3.96. The molecule has 2 aromatic rings. The lowest BCUT2D eigenvalue weighted by Crippen LogP contribution is -2.28. The first-order chi connectivity index (χ1) is 15.2. The molecule has 1 atom stereocenters. The smallest absolute Gasteiger partial charge is 0.356 e. The lowest BCUT2D eigenvalue weighted by atomic mass is 9.69. The first-order valence-electron chi connectivity index (χ1n) is 9.97. The van der Waals surface area contributed by atoms with Crippen molar-refractivity contribution in [3.8, 4) is 0 Å². The van der Waals surface area contributed by atoms with E-state index >= 15 is 0 Å². The molecular formula is C24H23F5N2S. The second-order valence-corrected chi connectivity index (χ2v) is 7.99. The molecule has 32 heavy (non-hydrogen) atoms. The number of alkyl halides is 3. The summed E-state index contributed by atoms with van der Waals surface area (Å²) in [6, 6.07) is 9.03. The minimum Gasteiger partial charge on any atom is -0.356 e. The van der Waals surface area contributed by atoms with Gasteiger partial charge in [-0.15, -0.1) is 6.58 Å². The average Bonchev–Trinajstić information content (AvgIpc) is 2.76. The van der Waals surface area contributed by atoms with Crippen LogP contribution in [0.15, 0.2) is 78.5 Å². The summed E-state index contributed by atoms with van der Waals surface area (Å²) in [4.78, 5) is 0. The van der Waals surface area contributed by atoms with E-state index in [1.54, 1.807) is 18.2 Å². The largest absolute Gasteiger partial charge is 0.419 e. The Kier molecular flexibility index (Phi) is 7.46. The molecule has 0 saturated carbocycles. The number of thiol groups is 1. The third-order valence-corrected chi connectivity index (χ3v) is 5.76. The maximum absolute atomic E-state index is 13.7. The standard InChI is InChI=1S/C24H23F5N2S/c1-2-23(15-16-3-8-22(26)21(13-16)24(27,28)29)11-9-20(14-17(23)10-12-30-32)31-19-6-4-18(25)5-7-19/h2-9,13-14,30-32H,1,10-12,15H2. The van der Waals surface area contributed by atoms with Gasteiger partial charge in [-0.3, -0.25) is 4.72 Å². The number of hydrogen-bond donors (Lipinski definition) is 3. The number of nitrogens with one attached hydrogen (secondary N) is 2. The first kappa shape index (κ1) is 24.1. The zero-order valence-electron chi connectivity index (χ0n) is 17.1. The summed E-state index contributed by atoms with van der Waals surface area (Å²) in [7, 11) is 0. The van der Waals surface area contributed by atoms with Gasteiger partial charge in [0.1, 0.15) is 11.6 Å². The molecule has 2 aromatic carbocycles. The van der Waals surface area contributed by atoms with Crippen molar-refractivity contribution in [2.75, 3.05) is 11.9 Å². The number of anilines is 1. The molecule has 1 aliphatic carbocycles. The minimum atomic E-state index is -4.77. The third-order valence-electron chi connectivity index (χ3n) is 5.54. The molecule has 2 N–H and O–H groups in total. The Morgan fingerprint density at radius 2 is 1.81 bits per heavy atom.